The first-order valence-electron chi connectivity index (χ1n) is 6.76. The predicted molar refractivity (Wildman–Crippen MR) is 83.7 cm³/mol. The Morgan fingerprint density at radius 3 is 2.61 bits per heavy atom. The fraction of sp³-hybridized carbons (Fsp3) is 0.118. The van der Waals surface area contributed by atoms with Crippen LogP contribution < -0.4 is 9.47 Å². The molecule has 1 heterocycles. The number of methoxy groups -OCH3 is 1. The van der Waals surface area contributed by atoms with Gasteiger partial charge >= 0.3 is 5.97 Å². The molecule has 1 aromatic heterocycles. The second-order valence-electron chi connectivity index (χ2n) is 4.51. The normalized spacial score (nSPS) is 10.5. The van der Waals surface area contributed by atoms with E-state index >= 15 is 0 Å². The van der Waals surface area contributed by atoms with Crippen LogP contribution in [-0.2, 0) is 4.79 Å². The lowest BCUT2D eigenvalue weighted by Crippen LogP contribution is -2.10. The van der Waals surface area contributed by atoms with Crippen molar-refractivity contribution in [2.75, 3.05) is 13.7 Å². The van der Waals surface area contributed by atoms with Crippen LogP contribution in [0.5, 0.6) is 11.5 Å². The fourth-order valence-electron chi connectivity index (χ4n) is 1.80. The van der Waals surface area contributed by atoms with Gasteiger partial charge in [-0.3, -0.25) is 9.78 Å². The van der Waals surface area contributed by atoms with Crippen molar-refractivity contribution in [2.45, 2.75) is 0 Å². The molecule has 0 unspecified atom stereocenters. The third-order valence-electron chi connectivity index (χ3n) is 2.89. The van der Waals surface area contributed by atoms with Crippen LogP contribution in [-0.4, -0.2) is 35.6 Å². The molecule has 0 radical (unpaired) electrons. The molecule has 0 saturated heterocycles. The molecule has 0 bridgehead atoms. The van der Waals surface area contributed by atoms with Crippen molar-refractivity contribution in [2.24, 2.45) is 0 Å². The molecule has 0 atom stereocenters. The first-order valence-corrected chi connectivity index (χ1v) is 6.76. The van der Waals surface area contributed by atoms with E-state index in [1.54, 1.807) is 36.4 Å². The van der Waals surface area contributed by atoms with Gasteiger partial charge in [0.1, 0.15) is 0 Å². The molecular weight excluding hydrogens is 298 g/mol. The molecule has 0 aliphatic rings. The van der Waals surface area contributed by atoms with Crippen LogP contribution in [0.25, 0.3) is 6.08 Å². The maximum absolute atomic E-state index is 12.0. The number of carboxylic acid groups (broad SMARTS) is 1. The van der Waals surface area contributed by atoms with Gasteiger partial charge in [0.05, 0.1) is 19.0 Å². The van der Waals surface area contributed by atoms with E-state index in [0.717, 1.165) is 0 Å². The maximum atomic E-state index is 12.0. The Balaban J connectivity index is 2.12. The first kappa shape index (κ1) is 16.2. The number of carboxylic acids is 1. The lowest BCUT2D eigenvalue weighted by molar-refractivity contribution is -0.139. The zero-order valence-electron chi connectivity index (χ0n) is 12.4. The van der Waals surface area contributed by atoms with E-state index in [2.05, 4.69) is 4.98 Å². The van der Waals surface area contributed by atoms with Crippen molar-refractivity contribution in [1.82, 2.24) is 4.98 Å². The van der Waals surface area contributed by atoms with Crippen LogP contribution in [0.3, 0.4) is 0 Å². The fourth-order valence-corrected chi connectivity index (χ4v) is 1.80. The Hall–Kier alpha value is -3.15. The van der Waals surface area contributed by atoms with Gasteiger partial charge in [0, 0.05) is 11.6 Å². The van der Waals surface area contributed by atoms with Crippen LogP contribution in [0.1, 0.15) is 16.1 Å². The number of allylic oxidation sites excluding steroid dienone is 1. The van der Waals surface area contributed by atoms with Crippen molar-refractivity contribution in [3.05, 3.63) is 59.9 Å². The second-order valence-corrected chi connectivity index (χ2v) is 4.51. The monoisotopic (exact) mass is 313 g/mol. The molecule has 23 heavy (non-hydrogen) atoms. The van der Waals surface area contributed by atoms with Gasteiger partial charge in [-0.05, 0) is 12.2 Å². The van der Waals surface area contributed by atoms with Gasteiger partial charge in [-0.15, -0.1) is 0 Å². The number of nitrogens with zero attached hydrogens (tertiary/aromatic N) is 1. The molecule has 1 aromatic carbocycles. The third-order valence-corrected chi connectivity index (χ3v) is 2.89. The van der Waals surface area contributed by atoms with E-state index in [1.807, 2.05) is 6.07 Å². The van der Waals surface area contributed by atoms with Crippen molar-refractivity contribution < 1.29 is 24.2 Å². The van der Waals surface area contributed by atoms with E-state index < -0.39 is 12.6 Å². The lowest BCUT2D eigenvalue weighted by atomic mass is 10.1. The maximum Gasteiger partial charge on any atom is 0.341 e. The quantitative estimate of drug-likeness (QED) is 0.624. The van der Waals surface area contributed by atoms with Gasteiger partial charge in [0.15, 0.2) is 23.9 Å². The number of rotatable bonds is 7. The van der Waals surface area contributed by atoms with E-state index in [-0.39, 0.29) is 11.5 Å². The van der Waals surface area contributed by atoms with Gasteiger partial charge in [0.25, 0.3) is 0 Å². The summed E-state index contributed by atoms with van der Waals surface area (Å²) in [5, 5.41) is 8.61. The molecule has 0 amide bonds. The smallest absolute Gasteiger partial charge is 0.341 e. The average Bonchev–Trinajstić information content (AvgIpc) is 2.58. The number of carbonyl (C=O) groups is 2. The van der Waals surface area contributed by atoms with Gasteiger partial charge in [-0.1, -0.05) is 30.3 Å². The van der Waals surface area contributed by atoms with Gasteiger partial charge in [-0.25, -0.2) is 4.79 Å². The molecule has 0 fully saturated rings. The molecule has 0 aliphatic carbocycles. The summed E-state index contributed by atoms with van der Waals surface area (Å²) in [5.74, 6) is -0.670. The average molecular weight is 313 g/mol. The number of ketones is 1. The van der Waals surface area contributed by atoms with Crippen LogP contribution in [0.2, 0.25) is 0 Å². The minimum absolute atomic E-state index is 0.141. The number of pyridine rings is 1. The minimum atomic E-state index is -1.09. The van der Waals surface area contributed by atoms with E-state index in [1.165, 1.54) is 19.4 Å². The van der Waals surface area contributed by atoms with E-state index in [9.17, 15) is 9.59 Å². The van der Waals surface area contributed by atoms with Gasteiger partial charge in [-0.2, -0.15) is 0 Å². The summed E-state index contributed by atoms with van der Waals surface area (Å²) in [7, 11) is 1.44. The number of aliphatic carboxylic acids is 1. The van der Waals surface area contributed by atoms with Gasteiger partial charge < -0.3 is 14.6 Å². The minimum Gasteiger partial charge on any atom is -0.493 e. The topological polar surface area (TPSA) is 85.7 Å². The Bertz CT molecular complexity index is 725. The highest BCUT2D eigenvalue weighted by atomic mass is 16.5. The standard InChI is InChI=1S/C17H15NO5/c1-22-15-9-13(18-10-16(15)23-11-17(20)21)7-8-14(19)12-5-3-2-4-6-12/h2-10H,11H2,1H3,(H,20,21)/b8-7+. The Kier molecular flexibility index (Phi) is 5.46. The van der Waals surface area contributed by atoms with Crippen molar-refractivity contribution in [1.29, 1.82) is 0 Å². The summed E-state index contributed by atoms with van der Waals surface area (Å²) in [6.07, 6.45) is 4.32. The molecule has 1 N–H and O–H groups in total. The van der Waals surface area contributed by atoms with Crippen LogP contribution >= 0.6 is 0 Å². The third kappa shape index (κ3) is 4.67. The first-order chi connectivity index (χ1) is 11.1. The second kappa shape index (κ2) is 7.74. The molecule has 2 aromatic rings. The summed E-state index contributed by atoms with van der Waals surface area (Å²) in [5.41, 5.74) is 1.07. The van der Waals surface area contributed by atoms with Crippen LogP contribution in [0, 0.1) is 0 Å². The Labute approximate surface area is 133 Å². The highest BCUT2D eigenvalue weighted by Crippen LogP contribution is 2.26. The zero-order chi connectivity index (χ0) is 16.7. The molecule has 0 spiro atoms. The summed E-state index contributed by atoms with van der Waals surface area (Å²) in [6.45, 7) is -0.486. The number of ether oxygens (including phenoxy) is 2. The van der Waals surface area contributed by atoms with Crippen LogP contribution in [0.4, 0.5) is 0 Å². The Morgan fingerprint density at radius 1 is 1.22 bits per heavy atom. The molecular formula is C17H15NO5. The summed E-state index contributed by atoms with van der Waals surface area (Å²) >= 11 is 0. The Morgan fingerprint density at radius 2 is 1.96 bits per heavy atom. The molecule has 6 heteroatoms. The van der Waals surface area contributed by atoms with Gasteiger partial charge in [0.2, 0.25) is 0 Å². The zero-order valence-corrected chi connectivity index (χ0v) is 12.4. The summed E-state index contributed by atoms with van der Waals surface area (Å²) in [6, 6.07) is 10.4. The number of carbonyl (C=O) groups excluding carboxylic acids is 1. The molecule has 0 aliphatic heterocycles. The summed E-state index contributed by atoms with van der Waals surface area (Å²) < 4.78 is 10.2. The molecule has 2 rings (SSSR count). The largest absolute Gasteiger partial charge is 0.493 e. The predicted octanol–water partition coefficient (Wildman–Crippen LogP) is 2.45. The summed E-state index contributed by atoms with van der Waals surface area (Å²) in [4.78, 5) is 26.6. The molecule has 0 saturated carbocycles. The van der Waals surface area contributed by atoms with Crippen LogP contribution in [0.15, 0.2) is 48.7 Å². The van der Waals surface area contributed by atoms with Crippen molar-refractivity contribution >= 4 is 17.8 Å². The highest BCUT2D eigenvalue weighted by molar-refractivity contribution is 6.06. The van der Waals surface area contributed by atoms with E-state index in [0.29, 0.717) is 17.0 Å². The SMILES string of the molecule is COc1cc(/C=C/C(=O)c2ccccc2)ncc1OCC(=O)O. The highest BCUT2D eigenvalue weighted by Gasteiger charge is 2.08. The van der Waals surface area contributed by atoms with E-state index in [4.69, 9.17) is 14.6 Å². The van der Waals surface area contributed by atoms with Crippen molar-refractivity contribution in [3.8, 4) is 11.5 Å². The number of hydrogen-bond donors (Lipinski definition) is 1. The number of benzene rings is 1. The molecule has 118 valence electrons. The van der Waals surface area contributed by atoms with Crippen molar-refractivity contribution in [3.63, 3.8) is 0 Å². The lowest BCUT2D eigenvalue weighted by Gasteiger charge is -2.08. The molecule has 6 nitrogen and oxygen atoms in total. The number of hydrogen-bond acceptors (Lipinski definition) is 5. The number of aromatic nitrogens is 1.